The molecule has 0 radical (unpaired) electrons. The van der Waals surface area contributed by atoms with Crippen LogP contribution in [0.3, 0.4) is 0 Å². The first kappa shape index (κ1) is 21.4. The van der Waals surface area contributed by atoms with E-state index in [1.165, 1.54) is 39.8 Å². The molecule has 0 aliphatic heterocycles. The fraction of sp³-hybridized carbons (Fsp3) is 0.304. The number of thioether (sulfide) groups is 1. The van der Waals surface area contributed by atoms with E-state index < -0.39 is 10.7 Å². The Morgan fingerprint density at radius 3 is 2.48 bits per heavy atom. The van der Waals surface area contributed by atoms with Gasteiger partial charge in [-0.2, -0.15) is 0 Å². The number of rotatable bonds is 8. The normalized spacial score (nSPS) is 11.4. The molecule has 6 heteroatoms. The van der Waals surface area contributed by atoms with Gasteiger partial charge in [0, 0.05) is 11.8 Å². The maximum absolute atomic E-state index is 11.3. The Hall–Kier alpha value is -2.31. The van der Waals surface area contributed by atoms with Crippen LogP contribution < -0.4 is 4.74 Å². The van der Waals surface area contributed by atoms with Gasteiger partial charge in [-0.15, -0.1) is 11.3 Å². The van der Waals surface area contributed by atoms with Gasteiger partial charge >= 0.3 is 5.97 Å². The number of nitrogens with zero attached hydrogens (tertiary/aromatic N) is 1. The van der Waals surface area contributed by atoms with Crippen LogP contribution in [0.2, 0.25) is 0 Å². The van der Waals surface area contributed by atoms with Crippen molar-refractivity contribution in [2.24, 2.45) is 0 Å². The van der Waals surface area contributed by atoms with Gasteiger partial charge in [-0.3, -0.25) is 4.79 Å². The van der Waals surface area contributed by atoms with E-state index in [1.54, 1.807) is 13.8 Å². The zero-order chi connectivity index (χ0) is 21.0. The predicted molar refractivity (Wildman–Crippen MR) is 120 cm³/mol. The molecule has 0 bridgehead atoms. The van der Waals surface area contributed by atoms with E-state index in [0.717, 1.165) is 21.3 Å². The first-order chi connectivity index (χ1) is 13.7. The summed E-state index contributed by atoms with van der Waals surface area (Å²) in [4.78, 5) is 15.8. The fourth-order valence-corrected chi connectivity index (χ4v) is 4.94. The molecule has 4 nitrogen and oxygen atoms in total. The van der Waals surface area contributed by atoms with Crippen LogP contribution in [-0.4, -0.2) is 27.4 Å². The third kappa shape index (κ3) is 5.61. The van der Waals surface area contributed by atoms with Gasteiger partial charge in [0.05, 0.1) is 12.3 Å². The molecule has 152 valence electrons. The highest BCUT2D eigenvalue weighted by Crippen LogP contribution is 2.34. The summed E-state index contributed by atoms with van der Waals surface area (Å²) in [5, 5.41) is 11.2. The number of thiazole rings is 1. The molecule has 0 aliphatic carbocycles. The molecule has 1 heterocycles. The molecule has 1 aromatic heterocycles. The molecule has 0 unspecified atom stereocenters. The summed E-state index contributed by atoms with van der Waals surface area (Å²) < 4.78 is 5.85. The number of aliphatic carboxylic acids is 1. The molecule has 0 saturated heterocycles. The molecule has 2 aromatic carbocycles. The topological polar surface area (TPSA) is 59.4 Å². The van der Waals surface area contributed by atoms with Gasteiger partial charge in [-0.1, -0.05) is 47.7 Å². The third-order valence-corrected chi connectivity index (χ3v) is 6.74. The lowest BCUT2D eigenvalue weighted by Gasteiger charge is -2.15. The van der Waals surface area contributed by atoms with E-state index in [0.29, 0.717) is 13.0 Å². The van der Waals surface area contributed by atoms with Crippen molar-refractivity contribution in [3.05, 3.63) is 64.7 Å². The van der Waals surface area contributed by atoms with Crippen molar-refractivity contribution >= 4 is 29.1 Å². The predicted octanol–water partition coefficient (Wildman–Crippen LogP) is 6.00. The zero-order valence-corrected chi connectivity index (χ0v) is 18.7. The number of carbonyl (C=O) groups is 1. The molecule has 0 spiro atoms. The number of ether oxygens (including phenoxy) is 1. The highest BCUT2D eigenvalue weighted by atomic mass is 32.2. The van der Waals surface area contributed by atoms with Crippen LogP contribution in [0.15, 0.2) is 52.2 Å². The monoisotopic (exact) mass is 427 g/mol. The van der Waals surface area contributed by atoms with Crippen molar-refractivity contribution in [3.63, 3.8) is 0 Å². The van der Waals surface area contributed by atoms with Crippen LogP contribution in [0.4, 0.5) is 0 Å². The third-order valence-electron chi connectivity index (χ3n) is 4.56. The number of benzene rings is 2. The summed E-state index contributed by atoms with van der Waals surface area (Å²) in [5.74, 6) is 0.0323. The number of carboxylic acids is 1. The molecule has 0 aliphatic rings. The van der Waals surface area contributed by atoms with Gasteiger partial charge in [-0.05, 0) is 56.5 Å². The van der Waals surface area contributed by atoms with Crippen molar-refractivity contribution in [1.29, 1.82) is 0 Å². The number of aryl methyl sites for hydroxylation is 2. The number of carboxylic acid groups (broad SMARTS) is 1. The van der Waals surface area contributed by atoms with Crippen LogP contribution in [0.1, 0.15) is 30.7 Å². The van der Waals surface area contributed by atoms with Crippen LogP contribution in [0.25, 0.3) is 11.1 Å². The summed E-state index contributed by atoms with van der Waals surface area (Å²) in [6, 6.07) is 14.7. The van der Waals surface area contributed by atoms with Crippen molar-refractivity contribution in [3.8, 4) is 16.9 Å². The van der Waals surface area contributed by atoms with Gasteiger partial charge in [0.25, 0.3) is 0 Å². The average molecular weight is 428 g/mol. The second-order valence-corrected chi connectivity index (χ2v) is 10.2. The van der Waals surface area contributed by atoms with Gasteiger partial charge in [0.1, 0.15) is 10.5 Å². The Morgan fingerprint density at radius 1 is 1.14 bits per heavy atom. The lowest BCUT2D eigenvalue weighted by Crippen LogP contribution is -2.26. The summed E-state index contributed by atoms with van der Waals surface area (Å²) >= 11 is 2.75. The highest BCUT2D eigenvalue weighted by Gasteiger charge is 2.29. The van der Waals surface area contributed by atoms with Crippen molar-refractivity contribution in [2.45, 2.75) is 43.2 Å². The van der Waals surface area contributed by atoms with Gasteiger partial charge < -0.3 is 9.84 Å². The second kappa shape index (κ2) is 9.01. The highest BCUT2D eigenvalue weighted by molar-refractivity contribution is 8.02. The van der Waals surface area contributed by atoms with E-state index in [1.807, 2.05) is 11.4 Å². The van der Waals surface area contributed by atoms with Crippen LogP contribution in [0.5, 0.6) is 5.75 Å². The molecule has 1 N–H and O–H groups in total. The van der Waals surface area contributed by atoms with E-state index >= 15 is 0 Å². The fourth-order valence-electron chi connectivity index (χ4n) is 2.71. The minimum atomic E-state index is -0.887. The van der Waals surface area contributed by atoms with Crippen LogP contribution in [-0.2, 0) is 11.2 Å². The lowest BCUT2D eigenvalue weighted by molar-refractivity contribution is -0.138. The SMILES string of the molecule is Cc1ccc(-c2ccc(OCCc3csc(SC(C)(C)C(=O)O)n3)c(C)c2)cc1. The molecule has 3 aromatic rings. The maximum atomic E-state index is 11.3. The van der Waals surface area contributed by atoms with E-state index in [2.05, 4.69) is 55.2 Å². The van der Waals surface area contributed by atoms with Crippen LogP contribution >= 0.6 is 23.1 Å². The van der Waals surface area contributed by atoms with Crippen molar-refractivity contribution < 1.29 is 14.6 Å². The summed E-state index contributed by atoms with van der Waals surface area (Å²) in [7, 11) is 0. The Morgan fingerprint density at radius 2 is 1.83 bits per heavy atom. The molecule has 0 saturated carbocycles. The second-order valence-electron chi connectivity index (χ2n) is 7.47. The molecule has 3 rings (SSSR count). The maximum Gasteiger partial charge on any atom is 0.319 e. The molecular weight excluding hydrogens is 402 g/mol. The first-order valence-corrected chi connectivity index (χ1v) is 11.1. The lowest BCUT2D eigenvalue weighted by atomic mass is 10.0. The Kier molecular flexibility index (Phi) is 6.65. The Bertz CT molecular complexity index is 994. The molecule has 0 fully saturated rings. The van der Waals surface area contributed by atoms with Gasteiger partial charge in [0.15, 0.2) is 4.34 Å². The van der Waals surface area contributed by atoms with E-state index in [-0.39, 0.29) is 0 Å². The van der Waals surface area contributed by atoms with E-state index in [9.17, 15) is 9.90 Å². The smallest absolute Gasteiger partial charge is 0.319 e. The summed E-state index contributed by atoms with van der Waals surface area (Å²) in [5.41, 5.74) is 5.65. The summed E-state index contributed by atoms with van der Waals surface area (Å²) in [6.45, 7) is 8.04. The van der Waals surface area contributed by atoms with E-state index in [4.69, 9.17) is 4.74 Å². The molecule has 0 atom stereocenters. The number of aromatic nitrogens is 1. The minimum absolute atomic E-state index is 0.529. The van der Waals surface area contributed by atoms with Crippen molar-refractivity contribution in [1.82, 2.24) is 4.98 Å². The minimum Gasteiger partial charge on any atom is -0.493 e. The zero-order valence-electron chi connectivity index (χ0n) is 17.1. The standard InChI is InChI=1S/C23H25NO3S2/c1-15-5-7-17(8-6-15)18-9-10-20(16(2)13-18)27-12-11-19-14-28-22(24-19)29-23(3,4)21(25)26/h5-10,13-14H,11-12H2,1-4H3,(H,25,26). The number of hydrogen-bond donors (Lipinski definition) is 1. The first-order valence-electron chi connectivity index (χ1n) is 9.42. The van der Waals surface area contributed by atoms with Gasteiger partial charge in [-0.25, -0.2) is 4.98 Å². The summed E-state index contributed by atoms with van der Waals surface area (Å²) in [6.07, 6.45) is 0.684. The molecule has 29 heavy (non-hydrogen) atoms. The molecular formula is C23H25NO3S2. The Balaban J connectivity index is 1.57. The molecule has 0 amide bonds. The van der Waals surface area contributed by atoms with Crippen LogP contribution in [0, 0.1) is 13.8 Å². The Labute approximate surface area is 180 Å². The number of hydrogen-bond acceptors (Lipinski definition) is 5. The van der Waals surface area contributed by atoms with Crippen molar-refractivity contribution in [2.75, 3.05) is 6.61 Å². The quantitative estimate of drug-likeness (QED) is 0.447. The average Bonchev–Trinajstić information content (AvgIpc) is 3.10. The largest absolute Gasteiger partial charge is 0.493 e. The van der Waals surface area contributed by atoms with Gasteiger partial charge in [0.2, 0.25) is 0 Å².